The van der Waals surface area contributed by atoms with Gasteiger partial charge in [0.05, 0.1) is 11.5 Å². The Morgan fingerprint density at radius 2 is 2.14 bits per heavy atom. The minimum atomic E-state index is -0.585. The number of nitrogens with zero attached hydrogens (tertiary/aromatic N) is 4. The largest absolute Gasteiger partial charge is 0.365 e. The van der Waals surface area contributed by atoms with E-state index < -0.39 is 4.92 Å². The summed E-state index contributed by atoms with van der Waals surface area (Å²) >= 11 is 0. The Morgan fingerprint density at radius 3 is 2.71 bits per heavy atom. The second kappa shape index (κ2) is 6.22. The van der Waals surface area contributed by atoms with Crippen molar-refractivity contribution in [3.05, 3.63) is 33.9 Å². The van der Waals surface area contributed by atoms with Crippen molar-refractivity contribution in [2.45, 2.75) is 12.8 Å². The number of benzene rings is 1. The Balaban J connectivity index is 2.13. The molecule has 1 aliphatic rings. The van der Waals surface area contributed by atoms with Crippen molar-refractivity contribution < 1.29 is 9.72 Å². The van der Waals surface area contributed by atoms with Gasteiger partial charge in [-0.15, -0.1) is 0 Å². The van der Waals surface area contributed by atoms with Crippen LogP contribution in [-0.2, 0) is 4.79 Å². The van der Waals surface area contributed by atoms with Crippen LogP contribution >= 0.6 is 0 Å². The molecule has 1 heterocycles. The van der Waals surface area contributed by atoms with E-state index in [1.54, 1.807) is 29.0 Å². The van der Waals surface area contributed by atoms with Crippen LogP contribution in [0.4, 0.5) is 11.4 Å². The van der Waals surface area contributed by atoms with Crippen molar-refractivity contribution in [1.29, 1.82) is 5.26 Å². The molecule has 0 spiro atoms. The number of likely N-dealkylation sites (N-methyl/N-ethyl adjacent to an activating group) is 1. The maximum Gasteiger partial charge on any atom is 0.289 e. The van der Waals surface area contributed by atoms with Gasteiger partial charge in [-0.2, -0.15) is 5.26 Å². The van der Waals surface area contributed by atoms with E-state index >= 15 is 0 Å². The number of rotatable bonds is 4. The molecule has 2 rings (SSSR count). The molecule has 1 amide bonds. The Labute approximate surface area is 122 Å². The van der Waals surface area contributed by atoms with Gasteiger partial charge >= 0.3 is 0 Å². The standard InChI is InChI=1S/C14H16N4O3/c1-16(10-14(19)17-6-2-3-7-17)12-5-4-11(9-15)13(8-12)18(20)21/h4-5,8H,2-3,6-7,10H2,1H3. The molecule has 0 N–H and O–H groups in total. The number of hydrogen-bond acceptors (Lipinski definition) is 5. The minimum absolute atomic E-state index is 0.0158. The smallest absolute Gasteiger partial charge is 0.289 e. The molecule has 1 fully saturated rings. The topological polar surface area (TPSA) is 90.5 Å². The van der Waals surface area contributed by atoms with Crippen molar-refractivity contribution in [3.8, 4) is 6.07 Å². The molecule has 0 atom stereocenters. The van der Waals surface area contributed by atoms with E-state index in [0.29, 0.717) is 5.69 Å². The Morgan fingerprint density at radius 1 is 1.48 bits per heavy atom. The highest BCUT2D eigenvalue weighted by molar-refractivity contribution is 5.81. The zero-order chi connectivity index (χ0) is 15.4. The summed E-state index contributed by atoms with van der Waals surface area (Å²) in [5.41, 5.74) is 0.326. The molecule has 1 aromatic carbocycles. The first-order chi connectivity index (χ1) is 10.0. The molecule has 21 heavy (non-hydrogen) atoms. The zero-order valence-corrected chi connectivity index (χ0v) is 11.8. The van der Waals surface area contributed by atoms with Gasteiger partial charge in [-0.05, 0) is 25.0 Å². The van der Waals surface area contributed by atoms with Gasteiger partial charge in [0.15, 0.2) is 0 Å². The molecule has 1 saturated heterocycles. The normalized spacial score (nSPS) is 13.8. The van der Waals surface area contributed by atoms with Crippen molar-refractivity contribution in [1.82, 2.24) is 4.90 Å². The number of amides is 1. The summed E-state index contributed by atoms with van der Waals surface area (Å²) in [6.07, 6.45) is 2.05. The average Bonchev–Trinajstić information content (AvgIpc) is 3.00. The molecule has 0 bridgehead atoms. The number of hydrogen-bond donors (Lipinski definition) is 0. The van der Waals surface area contributed by atoms with Crippen molar-refractivity contribution in [2.75, 3.05) is 31.6 Å². The quantitative estimate of drug-likeness (QED) is 0.619. The number of likely N-dealkylation sites (tertiary alicyclic amines) is 1. The van der Waals surface area contributed by atoms with Crippen LogP contribution in [0.2, 0.25) is 0 Å². The Hall–Kier alpha value is -2.62. The summed E-state index contributed by atoms with van der Waals surface area (Å²) in [6.45, 7) is 1.73. The van der Waals surface area contributed by atoms with Crippen LogP contribution in [0.15, 0.2) is 18.2 Å². The van der Waals surface area contributed by atoms with Gasteiger partial charge < -0.3 is 9.80 Å². The van der Waals surface area contributed by atoms with E-state index in [1.165, 1.54) is 12.1 Å². The summed E-state index contributed by atoms with van der Waals surface area (Å²) in [5, 5.41) is 19.8. The van der Waals surface area contributed by atoms with Crippen LogP contribution in [0.3, 0.4) is 0 Å². The molecule has 0 aliphatic carbocycles. The molecular formula is C14H16N4O3. The number of nitriles is 1. The maximum atomic E-state index is 12.1. The molecule has 1 aliphatic heterocycles. The van der Waals surface area contributed by atoms with Crippen LogP contribution in [0, 0.1) is 21.4 Å². The van der Waals surface area contributed by atoms with Gasteiger partial charge in [0, 0.05) is 31.9 Å². The fourth-order valence-electron chi connectivity index (χ4n) is 2.36. The monoisotopic (exact) mass is 288 g/mol. The molecule has 1 aromatic rings. The highest BCUT2D eigenvalue weighted by Gasteiger charge is 2.21. The zero-order valence-electron chi connectivity index (χ0n) is 11.8. The van der Waals surface area contributed by atoms with Crippen LogP contribution < -0.4 is 4.90 Å². The lowest BCUT2D eigenvalue weighted by molar-refractivity contribution is -0.385. The van der Waals surface area contributed by atoms with Crippen molar-refractivity contribution in [3.63, 3.8) is 0 Å². The minimum Gasteiger partial charge on any atom is -0.365 e. The van der Waals surface area contributed by atoms with E-state index in [9.17, 15) is 14.9 Å². The highest BCUT2D eigenvalue weighted by atomic mass is 16.6. The van der Waals surface area contributed by atoms with E-state index in [0.717, 1.165) is 25.9 Å². The van der Waals surface area contributed by atoms with Gasteiger partial charge in [-0.1, -0.05) is 0 Å². The summed E-state index contributed by atoms with van der Waals surface area (Å²) in [5.74, 6) is 0.0158. The van der Waals surface area contributed by atoms with Gasteiger partial charge in [-0.25, -0.2) is 0 Å². The molecule has 7 heteroatoms. The third-order valence-corrected chi connectivity index (χ3v) is 3.57. The highest BCUT2D eigenvalue weighted by Crippen LogP contribution is 2.24. The lowest BCUT2D eigenvalue weighted by Crippen LogP contribution is -2.37. The SMILES string of the molecule is CN(CC(=O)N1CCCC1)c1ccc(C#N)c([N+](=O)[O-])c1. The number of anilines is 1. The summed E-state index contributed by atoms with van der Waals surface area (Å²) < 4.78 is 0. The van der Waals surface area contributed by atoms with Gasteiger partial charge in [0.2, 0.25) is 5.91 Å². The fourth-order valence-corrected chi connectivity index (χ4v) is 2.36. The van der Waals surface area contributed by atoms with E-state index in [2.05, 4.69) is 0 Å². The van der Waals surface area contributed by atoms with Crippen molar-refractivity contribution in [2.24, 2.45) is 0 Å². The second-order valence-electron chi connectivity index (χ2n) is 5.01. The molecule has 0 aromatic heterocycles. The Kier molecular flexibility index (Phi) is 4.38. The fraction of sp³-hybridized carbons (Fsp3) is 0.429. The third kappa shape index (κ3) is 3.28. The first kappa shape index (κ1) is 14.8. The number of carbonyl (C=O) groups is 1. The number of nitro groups is 1. The lowest BCUT2D eigenvalue weighted by atomic mass is 10.1. The molecule has 110 valence electrons. The van der Waals surface area contributed by atoms with Gasteiger partial charge in [-0.3, -0.25) is 14.9 Å². The van der Waals surface area contributed by atoms with Crippen LogP contribution in [0.5, 0.6) is 0 Å². The first-order valence-corrected chi connectivity index (χ1v) is 6.70. The lowest BCUT2D eigenvalue weighted by Gasteiger charge is -2.22. The number of nitro benzene ring substituents is 1. The summed E-state index contributed by atoms with van der Waals surface area (Å²) in [7, 11) is 1.71. The molecular weight excluding hydrogens is 272 g/mol. The molecule has 0 saturated carbocycles. The summed E-state index contributed by atoms with van der Waals surface area (Å²) in [6, 6.07) is 6.14. The molecule has 7 nitrogen and oxygen atoms in total. The van der Waals surface area contributed by atoms with E-state index in [1.807, 2.05) is 0 Å². The predicted molar refractivity (Wildman–Crippen MR) is 76.9 cm³/mol. The van der Waals surface area contributed by atoms with E-state index in [-0.39, 0.29) is 23.7 Å². The van der Waals surface area contributed by atoms with Gasteiger partial charge in [0.25, 0.3) is 5.69 Å². The van der Waals surface area contributed by atoms with Crippen LogP contribution in [0.1, 0.15) is 18.4 Å². The van der Waals surface area contributed by atoms with Crippen LogP contribution in [-0.4, -0.2) is 42.4 Å². The Bertz CT molecular complexity index is 603. The van der Waals surface area contributed by atoms with Crippen LogP contribution in [0.25, 0.3) is 0 Å². The predicted octanol–water partition coefficient (Wildman–Crippen LogP) is 1.53. The van der Waals surface area contributed by atoms with E-state index in [4.69, 9.17) is 5.26 Å². The second-order valence-corrected chi connectivity index (χ2v) is 5.01. The number of carbonyl (C=O) groups excluding carboxylic acids is 1. The maximum absolute atomic E-state index is 12.1. The molecule has 0 unspecified atom stereocenters. The average molecular weight is 288 g/mol. The van der Waals surface area contributed by atoms with Gasteiger partial charge in [0.1, 0.15) is 11.6 Å². The first-order valence-electron chi connectivity index (χ1n) is 6.70. The van der Waals surface area contributed by atoms with Crippen molar-refractivity contribution >= 4 is 17.3 Å². The summed E-state index contributed by atoms with van der Waals surface area (Å²) in [4.78, 5) is 25.9. The molecule has 0 radical (unpaired) electrons. The third-order valence-electron chi connectivity index (χ3n) is 3.57.